The predicted octanol–water partition coefficient (Wildman–Crippen LogP) is 1.98. The minimum absolute atomic E-state index is 0.194. The summed E-state index contributed by atoms with van der Waals surface area (Å²) in [5, 5.41) is 2.82. The molecule has 0 aromatic rings. The number of thioether (sulfide) groups is 1. The Labute approximate surface area is 108 Å². The highest BCUT2D eigenvalue weighted by Gasteiger charge is 2.22. The molecule has 3 N–H and O–H groups in total. The van der Waals surface area contributed by atoms with Crippen LogP contribution in [0.5, 0.6) is 0 Å². The molecule has 0 aliphatic carbocycles. The van der Waals surface area contributed by atoms with Crippen molar-refractivity contribution < 1.29 is 9.53 Å². The van der Waals surface area contributed by atoms with Gasteiger partial charge in [0.05, 0.1) is 0 Å². The summed E-state index contributed by atoms with van der Waals surface area (Å²) in [5.41, 5.74) is 5.65. The Balaban J connectivity index is 2.31. The SMILES string of the molecule is CC(C)(C)OC(=O)NCC1CCSCCC1N. The molecule has 0 radical (unpaired) electrons. The first-order chi connectivity index (χ1) is 7.88. The number of amides is 1. The van der Waals surface area contributed by atoms with Gasteiger partial charge in [0.15, 0.2) is 0 Å². The fourth-order valence-corrected chi connectivity index (χ4v) is 2.90. The second kappa shape index (κ2) is 6.50. The number of hydrogen-bond acceptors (Lipinski definition) is 4. The van der Waals surface area contributed by atoms with Crippen LogP contribution in [0.2, 0.25) is 0 Å². The van der Waals surface area contributed by atoms with Crippen LogP contribution in [-0.2, 0) is 4.74 Å². The topological polar surface area (TPSA) is 64.3 Å². The molecule has 100 valence electrons. The minimum Gasteiger partial charge on any atom is -0.444 e. The first kappa shape index (κ1) is 14.6. The third kappa shape index (κ3) is 6.17. The van der Waals surface area contributed by atoms with Crippen molar-refractivity contribution >= 4 is 17.9 Å². The molecule has 0 saturated carbocycles. The van der Waals surface area contributed by atoms with E-state index in [2.05, 4.69) is 5.32 Å². The number of alkyl carbamates (subject to hydrolysis) is 1. The van der Waals surface area contributed by atoms with Gasteiger partial charge in [-0.05, 0) is 51.0 Å². The maximum Gasteiger partial charge on any atom is 0.407 e. The lowest BCUT2D eigenvalue weighted by atomic mass is 9.96. The molecule has 2 unspecified atom stereocenters. The van der Waals surface area contributed by atoms with Crippen LogP contribution in [0, 0.1) is 5.92 Å². The molecule has 0 bridgehead atoms. The molecule has 4 nitrogen and oxygen atoms in total. The fraction of sp³-hybridized carbons (Fsp3) is 0.917. The van der Waals surface area contributed by atoms with Gasteiger partial charge in [-0.15, -0.1) is 0 Å². The van der Waals surface area contributed by atoms with Crippen molar-refractivity contribution in [1.29, 1.82) is 0 Å². The van der Waals surface area contributed by atoms with Gasteiger partial charge in [-0.25, -0.2) is 4.79 Å². The van der Waals surface area contributed by atoms with Crippen LogP contribution in [0.25, 0.3) is 0 Å². The standard InChI is InChI=1S/C12H24N2O2S/c1-12(2,3)16-11(15)14-8-9-4-6-17-7-5-10(9)13/h9-10H,4-8,13H2,1-3H3,(H,14,15). The number of nitrogens with two attached hydrogens (primary N) is 1. The minimum atomic E-state index is -0.439. The lowest BCUT2D eigenvalue weighted by molar-refractivity contribution is 0.0516. The van der Waals surface area contributed by atoms with Crippen LogP contribution >= 0.6 is 11.8 Å². The molecule has 1 amide bonds. The van der Waals surface area contributed by atoms with Gasteiger partial charge in [0.2, 0.25) is 0 Å². The average molecular weight is 260 g/mol. The Morgan fingerprint density at radius 2 is 2.06 bits per heavy atom. The van der Waals surface area contributed by atoms with E-state index in [0.717, 1.165) is 24.3 Å². The predicted molar refractivity (Wildman–Crippen MR) is 72.3 cm³/mol. The lowest BCUT2D eigenvalue weighted by Gasteiger charge is -2.23. The van der Waals surface area contributed by atoms with Crippen LogP contribution in [-0.4, -0.2) is 35.8 Å². The van der Waals surface area contributed by atoms with E-state index in [1.54, 1.807) is 0 Å². The molecule has 1 rings (SSSR count). The van der Waals surface area contributed by atoms with Crippen molar-refractivity contribution in [3.8, 4) is 0 Å². The number of carbonyl (C=O) groups is 1. The fourth-order valence-electron chi connectivity index (χ4n) is 1.79. The first-order valence-corrected chi connectivity index (χ1v) is 7.34. The van der Waals surface area contributed by atoms with Gasteiger partial charge in [-0.1, -0.05) is 0 Å². The zero-order valence-corrected chi connectivity index (χ0v) is 11.8. The highest BCUT2D eigenvalue weighted by Crippen LogP contribution is 2.21. The van der Waals surface area contributed by atoms with E-state index in [9.17, 15) is 4.79 Å². The third-order valence-corrected chi connectivity index (χ3v) is 3.79. The van der Waals surface area contributed by atoms with Gasteiger partial charge < -0.3 is 15.8 Å². The summed E-state index contributed by atoms with van der Waals surface area (Å²) < 4.78 is 5.20. The largest absolute Gasteiger partial charge is 0.444 e. The highest BCUT2D eigenvalue weighted by atomic mass is 32.2. The molecule has 1 heterocycles. The van der Waals surface area contributed by atoms with Crippen LogP contribution in [0.1, 0.15) is 33.6 Å². The first-order valence-electron chi connectivity index (χ1n) is 6.18. The molecule has 1 saturated heterocycles. The summed E-state index contributed by atoms with van der Waals surface area (Å²) in [4.78, 5) is 11.5. The summed E-state index contributed by atoms with van der Waals surface area (Å²) in [5.74, 6) is 2.64. The summed E-state index contributed by atoms with van der Waals surface area (Å²) in [7, 11) is 0. The van der Waals surface area contributed by atoms with E-state index in [1.165, 1.54) is 0 Å². The van der Waals surface area contributed by atoms with Crippen molar-refractivity contribution in [2.24, 2.45) is 11.7 Å². The smallest absolute Gasteiger partial charge is 0.407 e. The van der Waals surface area contributed by atoms with Gasteiger partial charge >= 0.3 is 6.09 Å². The zero-order chi connectivity index (χ0) is 12.9. The monoisotopic (exact) mass is 260 g/mol. The maximum atomic E-state index is 11.5. The molecular formula is C12H24N2O2S. The Morgan fingerprint density at radius 3 is 2.71 bits per heavy atom. The van der Waals surface area contributed by atoms with Gasteiger partial charge in [0.25, 0.3) is 0 Å². The van der Waals surface area contributed by atoms with Gasteiger partial charge in [-0.2, -0.15) is 11.8 Å². The molecule has 17 heavy (non-hydrogen) atoms. The number of hydrogen-bond donors (Lipinski definition) is 2. The molecule has 0 spiro atoms. The van der Waals surface area contributed by atoms with E-state index in [0.29, 0.717) is 12.5 Å². The van der Waals surface area contributed by atoms with Gasteiger partial charge in [0, 0.05) is 12.6 Å². The molecule has 2 atom stereocenters. The van der Waals surface area contributed by atoms with Crippen molar-refractivity contribution in [3.05, 3.63) is 0 Å². The van der Waals surface area contributed by atoms with E-state index in [-0.39, 0.29) is 12.1 Å². The van der Waals surface area contributed by atoms with Crippen LogP contribution in [0.3, 0.4) is 0 Å². The number of carbonyl (C=O) groups excluding carboxylic acids is 1. The highest BCUT2D eigenvalue weighted by molar-refractivity contribution is 7.99. The number of nitrogens with one attached hydrogen (secondary N) is 1. The number of ether oxygens (including phenoxy) is 1. The van der Waals surface area contributed by atoms with Crippen molar-refractivity contribution in [3.63, 3.8) is 0 Å². The molecule has 1 aliphatic heterocycles. The summed E-state index contributed by atoms with van der Waals surface area (Å²) in [6.45, 7) is 6.21. The zero-order valence-electron chi connectivity index (χ0n) is 11.0. The number of rotatable bonds is 2. The molecule has 0 aromatic carbocycles. The van der Waals surface area contributed by atoms with E-state index >= 15 is 0 Å². The van der Waals surface area contributed by atoms with Crippen molar-refractivity contribution in [2.45, 2.75) is 45.3 Å². The molecule has 0 aromatic heterocycles. The van der Waals surface area contributed by atoms with E-state index in [4.69, 9.17) is 10.5 Å². The van der Waals surface area contributed by atoms with Crippen molar-refractivity contribution in [1.82, 2.24) is 5.32 Å². The summed E-state index contributed by atoms with van der Waals surface area (Å²) in [6, 6.07) is 0.194. The lowest BCUT2D eigenvalue weighted by Crippen LogP contribution is -2.41. The second-order valence-electron chi connectivity index (χ2n) is 5.50. The van der Waals surface area contributed by atoms with Crippen LogP contribution < -0.4 is 11.1 Å². The molecule has 5 heteroatoms. The molecule has 1 fully saturated rings. The average Bonchev–Trinajstić information content (AvgIpc) is 2.37. The Kier molecular flexibility index (Phi) is 5.59. The van der Waals surface area contributed by atoms with Gasteiger partial charge in [0.1, 0.15) is 5.60 Å². The van der Waals surface area contributed by atoms with E-state index < -0.39 is 5.60 Å². The normalized spacial score (nSPS) is 26.1. The van der Waals surface area contributed by atoms with Gasteiger partial charge in [-0.3, -0.25) is 0 Å². The quantitative estimate of drug-likeness (QED) is 0.797. The summed E-state index contributed by atoms with van der Waals surface area (Å²) >= 11 is 1.94. The Bertz CT molecular complexity index is 253. The van der Waals surface area contributed by atoms with Crippen LogP contribution in [0.4, 0.5) is 4.79 Å². The maximum absolute atomic E-state index is 11.5. The third-order valence-electron chi connectivity index (χ3n) is 2.74. The molecular weight excluding hydrogens is 236 g/mol. The Hall–Kier alpha value is -0.420. The van der Waals surface area contributed by atoms with E-state index in [1.807, 2.05) is 32.5 Å². The van der Waals surface area contributed by atoms with Crippen molar-refractivity contribution in [2.75, 3.05) is 18.1 Å². The Morgan fingerprint density at radius 1 is 1.41 bits per heavy atom. The summed E-state index contributed by atoms with van der Waals surface area (Å²) in [6.07, 6.45) is 1.76. The molecule has 1 aliphatic rings. The van der Waals surface area contributed by atoms with Crippen LogP contribution in [0.15, 0.2) is 0 Å². The second-order valence-corrected chi connectivity index (χ2v) is 6.72.